The second kappa shape index (κ2) is 8.69. The van der Waals surface area contributed by atoms with E-state index >= 15 is 0 Å². The molecule has 3 rings (SSSR count). The molecule has 0 spiro atoms. The van der Waals surface area contributed by atoms with Crippen LogP contribution in [0.1, 0.15) is 28.9 Å². The van der Waals surface area contributed by atoms with E-state index in [9.17, 15) is 18.4 Å². The van der Waals surface area contributed by atoms with Crippen LogP contribution in [0.25, 0.3) is 0 Å². The highest BCUT2D eigenvalue weighted by atomic mass is 35.5. The summed E-state index contributed by atoms with van der Waals surface area (Å²) >= 11 is 12.7. The van der Waals surface area contributed by atoms with Gasteiger partial charge in [-0.05, 0) is 43.5 Å². The molecule has 0 unspecified atom stereocenters. The number of nitrogens with one attached hydrogen (secondary N) is 3. The van der Waals surface area contributed by atoms with Gasteiger partial charge >= 0.3 is 0 Å². The molecule has 150 valence electrons. The Morgan fingerprint density at radius 1 is 1.25 bits per heavy atom. The monoisotopic (exact) mass is 448 g/mol. The van der Waals surface area contributed by atoms with Crippen LogP contribution in [0.4, 0.5) is 8.78 Å². The summed E-state index contributed by atoms with van der Waals surface area (Å²) in [6, 6.07) is 3.12. The van der Waals surface area contributed by atoms with Gasteiger partial charge in [0.25, 0.3) is 5.91 Å². The van der Waals surface area contributed by atoms with Gasteiger partial charge in [0.05, 0.1) is 0 Å². The van der Waals surface area contributed by atoms with E-state index < -0.39 is 29.0 Å². The van der Waals surface area contributed by atoms with Crippen molar-refractivity contribution in [2.24, 2.45) is 0 Å². The highest BCUT2D eigenvalue weighted by Crippen LogP contribution is 2.30. The number of aromatic nitrogens is 1. The second-order valence-electron chi connectivity index (χ2n) is 6.32. The Kier molecular flexibility index (Phi) is 6.49. The Balaban J connectivity index is 1.75. The maximum absolute atomic E-state index is 13.8. The lowest BCUT2D eigenvalue weighted by Crippen LogP contribution is -2.62. The molecule has 0 atom stereocenters. The zero-order chi connectivity index (χ0) is 20.3. The SMILES string of the molecule is O=C(NC1(C(=O)NCc2ccc(F)cc2F)CCNCC1)c1nsc(Cl)c1Cl. The number of piperidine rings is 1. The molecule has 2 heterocycles. The Morgan fingerprint density at radius 3 is 2.57 bits per heavy atom. The molecule has 1 saturated heterocycles. The molecule has 28 heavy (non-hydrogen) atoms. The summed E-state index contributed by atoms with van der Waals surface area (Å²) in [5.41, 5.74) is -1.12. The van der Waals surface area contributed by atoms with Crippen LogP contribution in [0, 0.1) is 11.6 Å². The topological polar surface area (TPSA) is 83.1 Å². The van der Waals surface area contributed by atoms with Gasteiger partial charge in [0.1, 0.15) is 26.5 Å². The van der Waals surface area contributed by atoms with Crippen molar-refractivity contribution in [3.63, 3.8) is 0 Å². The molecule has 0 aliphatic carbocycles. The number of benzene rings is 1. The predicted molar refractivity (Wildman–Crippen MR) is 103 cm³/mol. The van der Waals surface area contributed by atoms with Crippen molar-refractivity contribution in [1.82, 2.24) is 20.3 Å². The van der Waals surface area contributed by atoms with Crippen LogP contribution in [0.5, 0.6) is 0 Å². The molecule has 3 N–H and O–H groups in total. The number of hydrogen-bond acceptors (Lipinski definition) is 5. The van der Waals surface area contributed by atoms with Crippen molar-refractivity contribution in [3.8, 4) is 0 Å². The van der Waals surface area contributed by atoms with Crippen LogP contribution in [0.15, 0.2) is 18.2 Å². The van der Waals surface area contributed by atoms with E-state index in [1.165, 1.54) is 6.07 Å². The fraction of sp³-hybridized carbons (Fsp3) is 0.353. The fourth-order valence-electron chi connectivity index (χ4n) is 2.95. The maximum atomic E-state index is 13.8. The first-order valence-corrected chi connectivity index (χ1v) is 9.91. The average Bonchev–Trinajstić information content (AvgIpc) is 3.00. The minimum atomic E-state index is -1.21. The first kappa shape index (κ1) is 20.9. The van der Waals surface area contributed by atoms with Crippen molar-refractivity contribution >= 4 is 46.5 Å². The van der Waals surface area contributed by atoms with E-state index in [2.05, 4.69) is 20.3 Å². The number of amides is 2. The standard InChI is InChI=1S/C17H16Cl2F2N4O2S/c18-12-13(25-28-14(12)19)15(26)24-17(3-5-22-6-4-17)16(27)23-8-9-1-2-10(20)7-11(9)21/h1-2,7,22H,3-6,8H2,(H,23,27)(H,24,26). The molecule has 0 radical (unpaired) electrons. The molecule has 11 heteroatoms. The summed E-state index contributed by atoms with van der Waals surface area (Å²) < 4.78 is 30.9. The maximum Gasteiger partial charge on any atom is 0.273 e. The summed E-state index contributed by atoms with van der Waals surface area (Å²) in [6.45, 7) is 0.869. The van der Waals surface area contributed by atoms with Crippen LogP contribution in [0.2, 0.25) is 9.36 Å². The molecule has 1 aromatic carbocycles. The zero-order valence-corrected chi connectivity index (χ0v) is 16.8. The highest BCUT2D eigenvalue weighted by Gasteiger charge is 2.41. The van der Waals surface area contributed by atoms with Crippen LogP contribution >= 0.6 is 34.7 Å². The van der Waals surface area contributed by atoms with E-state index in [1.807, 2.05) is 0 Å². The lowest BCUT2D eigenvalue weighted by molar-refractivity contribution is -0.128. The molecule has 0 bridgehead atoms. The summed E-state index contributed by atoms with van der Waals surface area (Å²) in [7, 11) is 0. The molecule has 1 aliphatic heterocycles. The van der Waals surface area contributed by atoms with Gasteiger partial charge in [-0.25, -0.2) is 8.78 Å². The van der Waals surface area contributed by atoms with Crippen LogP contribution in [0.3, 0.4) is 0 Å². The quantitative estimate of drug-likeness (QED) is 0.656. The Hall–Kier alpha value is -1.81. The second-order valence-corrected chi connectivity index (χ2v) is 8.08. The van der Waals surface area contributed by atoms with Gasteiger partial charge in [-0.2, -0.15) is 4.37 Å². The lowest BCUT2D eigenvalue weighted by atomic mass is 9.87. The molecule has 6 nitrogen and oxygen atoms in total. The van der Waals surface area contributed by atoms with E-state index in [-0.39, 0.29) is 27.2 Å². The summed E-state index contributed by atoms with van der Waals surface area (Å²) in [4.78, 5) is 25.5. The van der Waals surface area contributed by atoms with Gasteiger partial charge < -0.3 is 16.0 Å². The van der Waals surface area contributed by atoms with E-state index in [1.54, 1.807) is 0 Å². The molecule has 1 aliphatic rings. The van der Waals surface area contributed by atoms with Crippen molar-refractivity contribution in [2.75, 3.05) is 13.1 Å². The van der Waals surface area contributed by atoms with E-state index in [4.69, 9.17) is 23.2 Å². The number of carbonyl (C=O) groups excluding carboxylic acids is 2. The lowest BCUT2D eigenvalue weighted by Gasteiger charge is -2.36. The van der Waals surface area contributed by atoms with Gasteiger partial charge in [0.2, 0.25) is 5.91 Å². The number of hydrogen-bond donors (Lipinski definition) is 3. The van der Waals surface area contributed by atoms with Gasteiger partial charge in [-0.3, -0.25) is 9.59 Å². The average molecular weight is 449 g/mol. The Labute approximate surface area is 173 Å². The number of nitrogens with zero attached hydrogens (tertiary/aromatic N) is 1. The first-order valence-electron chi connectivity index (χ1n) is 8.38. The molecule has 1 aromatic heterocycles. The van der Waals surface area contributed by atoms with Crippen molar-refractivity contribution in [3.05, 3.63) is 50.4 Å². The molecule has 2 aromatic rings. The molecule has 0 saturated carbocycles. The molecular formula is C17H16Cl2F2N4O2S. The summed E-state index contributed by atoms with van der Waals surface area (Å²) in [6.07, 6.45) is 0.651. The molecule has 2 amide bonds. The third-order valence-electron chi connectivity index (χ3n) is 4.51. The minimum absolute atomic E-state index is 0.0297. The Morgan fingerprint density at radius 2 is 1.96 bits per heavy atom. The number of halogens is 4. The number of rotatable bonds is 5. The molecular weight excluding hydrogens is 433 g/mol. The normalized spacial score (nSPS) is 15.9. The minimum Gasteiger partial charge on any atom is -0.350 e. The van der Waals surface area contributed by atoms with Crippen LogP contribution in [-0.4, -0.2) is 34.8 Å². The third kappa shape index (κ3) is 4.43. The van der Waals surface area contributed by atoms with E-state index in [0.717, 1.165) is 23.7 Å². The van der Waals surface area contributed by atoms with Crippen molar-refractivity contribution in [1.29, 1.82) is 0 Å². The van der Waals surface area contributed by atoms with Gasteiger partial charge in [-0.1, -0.05) is 29.3 Å². The van der Waals surface area contributed by atoms with Gasteiger partial charge in [0, 0.05) is 18.2 Å². The van der Waals surface area contributed by atoms with Crippen LogP contribution < -0.4 is 16.0 Å². The Bertz CT molecular complexity index is 903. The van der Waals surface area contributed by atoms with Crippen LogP contribution in [-0.2, 0) is 11.3 Å². The van der Waals surface area contributed by atoms with E-state index in [0.29, 0.717) is 25.9 Å². The van der Waals surface area contributed by atoms with Crippen molar-refractivity contribution < 1.29 is 18.4 Å². The molecule has 1 fully saturated rings. The van der Waals surface area contributed by atoms with Gasteiger partial charge in [0.15, 0.2) is 5.69 Å². The fourth-order valence-corrected chi connectivity index (χ4v) is 3.95. The zero-order valence-electron chi connectivity index (χ0n) is 14.5. The first-order chi connectivity index (χ1) is 13.3. The predicted octanol–water partition coefficient (Wildman–Crippen LogP) is 2.90. The summed E-state index contributed by atoms with van der Waals surface area (Å²) in [5, 5.41) is 8.49. The van der Waals surface area contributed by atoms with Gasteiger partial charge in [-0.15, -0.1) is 0 Å². The smallest absolute Gasteiger partial charge is 0.273 e. The summed E-state index contributed by atoms with van der Waals surface area (Å²) in [5.74, 6) is -2.54. The third-order valence-corrected chi connectivity index (χ3v) is 6.12. The largest absolute Gasteiger partial charge is 0.350 e. The highest BCUT2D eigenvalue weighted by molar-refractivity contribution is 7.11. The van der Waals surface area contributed by atoms with Crippen molar-refractivity contribution in [2.45, 2.75) is 24.9 Å². The number of carbonyl (C=O) groups is 2.